The molecule has 3 aromatic carbocycles. The van der Waals surface area contributed by atoms with E-state index in [-0.39, 0.29) is 29.7 Å². The Labute approximate surface area is 238 Å². The predicted molar refractivity (Wildman–Crippen MR) is 164 cm³/mol. The average molecular weight is 538 g/mol. The molecule has 6 nitrogen and oxygen atoms in total. The smallest absolute Gasteiger partial charge is 0.246 e. The average Bonchev–Trinajstić information content (AvgIpc) is 3.09. The number of nitrogens with one attached hydrogen (secondary N) is 2. The molecule has 1 aliphatic heterocycles. The van der Waals surface area contributed by atoms with Gasteiger partial charge < -0.3 is 21.7 Å². The van der Waals surface area contributed by atoms with E-state index in [1.807, 2.05) is 12.1 Å². The van der Waals surface area contributed by atoms with E-state index in [2.05, 4.69) is 58.7 Å². The van der Waals surface area contributed by atoms with Crippen LogP contribution in [-0.2, 0) is 17.8 Å². The highest BCUT2D eigenvalue weighted by molar-refractivity contribution is 5.98. The minimum absolute atomic E-state index is 0.0582. The first-order chi connectivity index (χ1) is 19.5. The quantitative estimate of drug-likeness (QED) is 0.182. The number of hydrogen-bond acceptors (Lipinski definition) is 4. The lowest BCUT2D eigenvalue weighted by Crippen LogP contribution is -2.63. The van der Waals surface area contributed by atoms with E-state index in [0.717, 1.165) is 57.1 Å². The largest absolute Gasteiger partial charge is 0.384 e. The van der Waals surface area contributed by atoms with Gasteiger partial charge in [0.25, 0.3) is 0 Å². The van der Waals surface area contributed by atoms with Gasteiger partial charge in [0, 0.05) is 36.3 Å². The third-order valence-electron chi connectivity index (χ3n) is 9.87. The summed E-state index contributed by atoms with van der Waals surface area (Å²) in [4.78, 5) is 17.2. The number of carbonyl (C=O) groups excluding carboxylic acids is 1. The van der Waals surface area contributed by atoms with Crippen molar-refractivity contribution >= 4 is 28.2 Å². The number of hydrogen-bond donors (Lipinski definition) is 4. The van der Waals surface area contributed by atoms with Crippen LogP contribution in [-0.4, -0.2) is 29.4 Å². The van der Waals surface area contributed by atoms with Crippen molar-refractivity contribution < 1.29 is 4.79 Å². The molecule has 0 aromatic heterocycles. The lowest BCUT2D eigenvalue weighted by molar-refractivity contribution is -0.129. The third kappa shape index (κ3) is 4.98. The maximum atomic E-state index is 14.8. The van der Waals surface area contributed by atoms with Crippen LogP contribution in [0.5, 0.6) is 0 Å². The second-order valence-corrected chi connectivity index (χ2v) is 12.4. The summed E-state index contributed by atoms with van der Waals surface area (Å²) in [7, 11) is 0. The molecule has 0 saturated heterocycles. The molecule has 0 spiro atoms. The van der Waals surface area contributed by atoms with E-state index >= 15 is 0 Å². The molecule has 6 heteroatoms. The van der Waals surface area contributed by atoms with Crippen molar-refractivity contribution in [2.45, 2.75) is 94.8 Å². The first-order valence-electron chi connectivity index (χ1n) is 15.2. The summed E-state index contributed by atoms with van der Waals surface area (Å²) in [6.45, 7) is 0.634. The highest BCUT2D eigenvalue weighted by Crippen LogP contribution is 2.49. The van der Waals surface area contributed by atoms with Gasteiger partial charge in [-0.1, -0.05) is 80.3 Å². The van der Waals surface area contributed by atoms with Crippen LogP contribution >= 0.6 is 0 Å². The summed E-state index contributed by atoms with van der Waals surface area (Å²) in [6.07, 6.45) is 11.4. The summed E-state index contributed by atoms with van der Waals surface area (Å²) in [6, 6.07) is 21.5. The van der Waals surface area contributed by atoms with E-state index < -0.39 is 5.54 Å². The summed E-state index contributed by atoms with van der Waals surface area (Å²) in [5, 5.41) is 14.1. The van der Waals surface area contributed by atoms with Gasteiger partial charge >= 0.3 is 0 Å². The molecule has 210 valence electrons. The molecule has 2 fully saturated rings. The van der Waals surface area contributed by atoms with Crippen LogP contribution in [0.1, 0.15) is 80.9 Å². The molecule has 1 heterocycles. The van der Waals surface area contributed by atoms with E-state index in [1.54, 1.807) is 0 Å². The fourth-order valence-electron chi connectivity index (χ4n) is 7.64. The van der Waals surface area contributed by atoms with E-state index in [4.69, 9.17) is 16.9 Å². The molecule has 3 aromatic rings. The Morgan fingerprint density at radius 3 is 2.40 bits per heavy atom. The molecule has 2 saturated carbocycles. The van der Waals surface area contributed by atoms with Crippen LogP contribution in [0.4, 0.5) is 5.69 Å². The van der Waals surface area contributed by atoms with Gasteiger partial charge in [-0.15, -0.1) is 0 Å². The lowest BCUT2D eigenvalue weighted by atomic mass is 9.74. The molecule has 1 amide bonds. The topological polar surface area (TPSA) is 108 Å². The summed E-state index contributed by atoms with van der Waals surface area (Å²) in [5.41, 5.74) is 15.7. The van der Waals surface area contributed by atoms with Crippen molar-refractivity contribution in [2.24, 2.45) is 17.4 Å². The fraction of sp³-hybridized carbons (Fsp3) is 0.471. The number of fused-ring (bicyclic) bond motifs is 2. The highest BCUT2D eigenvalue weighted by atomic mass is 16.2. The van der Waals surface area contributed by atoms with Crippen molar-refractivity contribution in [3.8, 4) is 0 Å². The Kier molecular flexibility index (Phi) is 7.54. The molecule has 6 rings (SSSR count). The monoisotopic (exact) mass is 537 g/mol. The molecular formula is C34H43N5O. The molecule has 6 N–H and O–H groups in total. The zero-order chi connectivity index (χ0) is 27.7. The van der Waals surface area contributed by atoms with Gasteiger partial charge in [-0.05, 0) is 72.4 Å². The lowest BCUT2D eigenvalue weighted by Gasteiger charge is -2.46. The van der Waals surface area contributed by atoms with E-state index in [0.29, 0.717) is 18.5 Å². The zero-order valence-electron chi connectivity index (χ0n) is 23.5. The molecule has 40 heavy (non-hydrogen) atoms. The van der Waals surface area contributed by atoms with Gasteiger partial charge in [0.15, 0.2) is 0 Å². The van der Waals surface area contributed by atoms with Gasteiger partial charge in [0.1, 0.15) is 11.4 Å². The SMILES string of the molecule is N=C(N)c1ccc2c(c1)N(Cc1cccc3ccccc13)C(C(=O)NC1CCC(N)CC1)(C1CCCCCC1)C2. The van der Waals surface area contributed by atoms with Crippen molar-refractivity contribution in [3.05, 3.63) is 77.4 Å². The molecule has 0 bridgehead atoms. The Hall–Kier alpha value is -3.38. The van der Waals surface area contributed by atoms with Crippen LogP contribution < -0.4 is 21.7 Å². The fourth-order valence-corrected chi connectivity index (χ4v) is 7.64. The van der Waals surface area contributed by atoms with Crippen LogP contribution in [0.2, 0.25) is 0 Å². The van der Waals surface area contributed by atoms with Crippen molar-refractivity contribution in [3.63, 3.8) is 0 Å². The number of anilines is 1. The Bertz CT molecular complexity index is 1380. The second kappa shape index (κ2) is 11.2. The van der Waals surface area contributed by atoms with Crippen LogP contribution in [0.3, 0.4) is 0 Å². The van der Waals surface area contributed by atoms with Crippen molar-refractivity contribution in [1.82, 2.24) is 5.32 Å². The number of nitrogen functional groups attached to an aromatic ring is 1. The number of nitrogens with zero attached hydrogens (tertiary/aromatic N) is 1. The Morgan fingerprint density at radius 2 is 1.65 bits per heavy atom. The summed E-state index contributed by atoms with van der Waals surface area (Å²) in [5.74, 6) is 0.479. The predicted octanol–water partition coefficient (Wildman–Crippen LogP) is 5.78. The molecule has 2 aliphatic carbocycles. The number of rotatable bonds is 6. The summed E-state index contributed by atoms with van der Waals surface area (Å²) < 4.78 is 0. The normalized spacial score (nSPS) is 25.4. The van der Waals surface area contributed by atoms with E-state index in [1.165, 1.54) is 34.7 Å². The van der Waals surface area contributed by atoms with Crippen molar-refractivity contribution in [1.29, 1.82) is 5.41 Å². The minimum Gasteiger partial charge on any atom is -0.384 e. The van der Waals surface area contributed by atoms with Gasteiger partial charge in [-0.25, -0.2) is 0 Å². The van der Waals surface area contributed by atoms with Crippen LogP contribution in [0, 0.1) is 11.3 Å². The molecule has 1 atom stereocenters. The standard InChI is InChI=1S/C34H43N5O/c35-28-16-18-29(19-17-28)38-33(40)34(27-11-3-1-2-4-12-27)21-25-15-14-24(32(36)37)20-31(25)39(34)22-26-10-7-9-23-8-5-6-13-30(23)26/h5-10,13-15,20,27-29H,1-4,11-12,16-19,21-22,35H2,(H3,36,37)(H,38,40). The second-order valence-electron chi connectivity index (χ2n) is 12.4. The van der Waals surface area contributed by atoms with Gasteiger partial charge in [0.05, 0.1) is 0 Å². The van der Waals surface area contributed by atoms with Crippen LogP contribution in [0.25, 0.3) is 10.8 Å². The third-order valence-corrected chi connectivity index (χ3v) is 9.87. The van der Waals surface area contributed by atoms with Gasteiger partial charge in [0.2, 0.25) is 5.91 Å². The zero-order valence-corrected chi connectivity index (χ0v) is 23.5. The van der Waals surface area contributed by atoms with Gasteiger partial charge in [-0.3, -0.25) is 10.2 Å². The summed E-state index contributed by atoms with van der Waals surface area (Å²) >= 11 is 0. The molecular weight excluding hydrogens is 494 g/mol. The first-order valence-corrected chi connectivity index (χ1v) is 15.2. The number of carbonyl (C=O) groups is 1. The van der Waals surface area contributed by atoms with Crippen molar-refractivity contribution in [2.75, 3.05) is 4.90 Å². The molecule has 1 unspecified atom stereocenters. The molecule has 0 radical (unpaired) electrons. The minimum atomic E-state index is -0.682. The Balaban J connectivity index is 1.47. The highest BCUT2D eigenvalue weighted by Gasteiger charge is 2.54. The maximum Gasteiger partial charge on any atom is 0.246 e. The number of nitrogens with two attached hydrogens (primary N) is 2. The first kappa shape index (κ1) is 26.8. The van der Waals surface area contributed by atoms with E-state index in [9.17, 15) is 4.79 Å². The molecule has 3 aliphatic rings. The Morgan fingerprint density at radius 1 is 0.925 bits per heavy atom. The number of benzene rings is 3. The van der Waals surface area contributed by atoms with Gasteiger partial charge in [-0.2, -0.15) is 0 Å². The van der Waals surface area contributed by atoms with Crippen LogP contribution in [0.15, 0.2) is 60.7 Å². The number of amidine groups is 1. The maximum absolute atomic E-state index is 14.8. The number of amides is 1.